The van der Waals surface area contributed by atoms with Gasteiger partial charge in [0, 0.05) is 17.6 Å². The summed E-state index contributed by atoms with van der Waals surface area (Å²) in [5.41, 5.74) is 0.932. The van der Waals surface area contributed by atoms with E-state index in [-0.39, 0.29) is 0 Å². The summed E-state index contributed by atoms with van der Waals surface area (Å²) in [5, 5.41) is 11.5. The zero-order valence-corrected chi connectivity index (χ0v) is 14.1. The van der Waals surface area contributed by atoms with Gasteiger partial charge in [-0.1, -0.05) is 24.8 Å². The smallest absolute Gasteiger partial charge is 0.362 e. The number of alkyl halides is 3. The molecule has 2 aromatic rings. The minimum Gasteiger partial charge on any atom is -0.362 e. The highest BCUT2D eigenvalue weighted by Crippen LogP contribution is 2.30. The molecule has 0 aliphatic carbocycles. The standard InChI is InChI=1S/C16H17F3N4S/c1-3-9-24-15-21-14(11(2)22-23-15)7-8-20-13-6-4-5-12(10-13)16(17,18)19/h4-8,10,20H,3,9H2,1-2H3/b8-7+. The Hall–Kier alpha value is -2.09. The number of aryl methyl sites for hydroxylation is 1. The number of hydrogen-bond acceptors (Lipinski definition) is 5. The average molecular weight is 354 g/mol. The second-order valence-electron chi connectivity index (χ2n) is 4.97. The highest BCUT2D eigenvalue weighted by Gasteiger charge is 2.30. The van der Waals surface area contributed by atoms with Gasteiger partial charge in [0.25, 0.3) is 0 Å². The lowest BCUT2D eigenvalue weighted by atomic mass is 10.2. The zero-order valence-electron chi connectivity index (χ0n) is 13.3. The lowest BCUT2D eigenvalue weighted by molar-refractivity contribution is -0.137. The zero-order chi connectivity index (χ0) is 17.6. The molecule has 0 bridgehead atoms. The first-order valence-electron chi connectivity index (χ1n) is 7.34. The fourth-order valence-electron chi connectivity index (χ4n) is 1.79. The van der Waals surface area contributed by atoms with Gasteiger partial charge >= 0.3 is 6.18 Å². The molecule has 1 N–H and O–H groups in total. The lowest BCUT2D eigenvalue weighted by Gasteiger charge is -2.08. The van der Waals surface area contributed by atoms with Crippen LogP contribution in [0.5, 0.6) is 0 Å². The van der Waals surface area contributed by atoms with Gasteiger partial charge in [0.2, 0.25) is 5.16 Å². The van der Waals surface area contributed by atoms with Crippen molar-refractivity contribution in [1.82, 2.24) is 15.2 Å². The van der Waals surface area contributed by atoms with E-state index in [2.05, 4.69) is 27.4 Å². The van der Waals surface area contributed by atoms with Crippen LogP contribution < -0.4 is 5.32 Å². The van der Waals surface area contributed by atoms with Crippen LogP contribution in [0.15, 0.2) is 35.6 Å². The van der Waals surface area contributed by atoms with E-state index >= 15 is 0 Å². The first kappa shape index (κ1) is 18.3. The molecule has 0 aliphatic heterocycles. The van der Waals surface area contributed by atoms with Crippen LogP contribution >= 0.6 is 11.8 Å². The predicted molar refractivity (Wildman–Crippen MR) is 89.7 cm³/mol. The van der Waals surface area contributed by atoms with Crippen LogP contribution in [0.2, 0.25) is 0 Å². The molecule has 0 aliphatic rings. The summed E-state index contributed by atoms with van der Waals surface area (Å²) in [4.78, 5) is 4.38. The Labute approximate surface area is 142 Å². The highest BCUT2D eigenvalue weighted by atomic mass is 32.2. The summed E-state index contributed by atoms with van der Waals surface area (Å²) in [5.74, 6) is 0.899. The van der Waals surface area contributed by atoms with Crippen molar-refractivity contribution in [3.63, 3.8) is 0 Å². The van der Waals surface area contributed by atoms with Crippen molar-refractivity contribution in [3.05, 3.63) is 47.4 Å². The van der Waals surface area contributed by atoms with Crippen molar-refractivity contribution in [2.75, 3.05) is 11.1 Å². The molecular weight excluding hydrogens is 337 g/mol. The summed E-state index contributed by atoms with van der Waals surface area (Å²) >= 11 is 1.51. The Morgan fingerprint density at radius 2 is 2.04 bits per heavy atom. The van der Waals surface area contributed by atoms with E-state index in [4.69, 9.17) is 0 Å². The lowest BCUT2D eigenvalue weighted by Crippen LogP contribution is -2.05. The van der Waals surface area contributed by atoms with Gasteiger partial charge in [-0.2, -0.15) is 18.3 Å². The second-order valence-corrected chi connectivity index (χ2v) is 6.03. The van der Waals surface area contributed by atoms with Crippen molar-refractivity contribution in [2.24, 2.45) is 0 Å². The second kappa shape index (κ2) is 8.14. The normalized spacial score (nSPS) is 11.9. The number of nitrogens with zero attached hydrogens (tertiary/aromatic N) is 3. The first-order valence-corrected chi connectivity index (χ1v) is 8.33. The summed E-state index contributed by atoms with van der Waals surface area (Å²) < 4.78 is 38.0. The maximum Gasteiger partial charge on any atom is 0.416 e. The topological polar surface area (TPSA) is 50.7 Å². The highest BCUT2D eigenvalue weighted by molar-refractivity contribution is 7.99. The molecule has 0 saturated heterocycles. The minimum atomic E-state index is -4.36. The Morgan fingerprint density at radius 1 is 1.25 bits per heavy atom. The summed E-state index contributed by atoms with van der Waals surface area (Å²) in [6, 6.07) is 5.01. The van der Waals surface area contributed by atoms with E-state index in [0.717, 1.165) is 24.3 Å². The minimum absolute atomic E-state index is 0.348. The first-order chi connectivity index (χ1) is 11.4. The van der Waals surface area contributed by atoms with Crippen molar-refractivity contribution in [2.45, 2.75) is 31.6 Å². The fraction of sp³-hybridized carbons (Fsp3) is 0.312. The summed E-state index contributed by atoms with van der Waals surface area (Å²) in [7, 11) is 0. The maximum atomic E-state index is 12.7. The van der Waals surface area contributed by atoms with Crippen molar-refractivity contribution in [3.8, 4) is 0 Å². The molecule has 0 fully saturated rings. The van der Waals surface area contributed by atoms with Gasteiger partial charge < -0.3 is 5.32 Å². The molecule has 1 aromatic carbocycles. The number of hydrogen-bond donors (Lipinski definition) is 1. The fourth-order valence-corrected chi connectivity index (χ4v) is 2.44. The Balaban J connectivity index is 2.09. The summed E-state index contributed by atoms with van der Waals surface area (Å²) in [6.07, 6.45) is -0.148. The van der Waals surface area contributed by atoms with E-state index in [9.17, 15) is 13.2 Å². The number of anilines is 1. The number of halogens is 3. The molecule has 24 heavy (non-hydrogen) atoms. The third-order valence-corrected chi connectivity index (χ3v) is 4.03. The van der Waals surface area contributed by atoms with Gasteiger partial charge in [0.15, 0.2) is 0 Å². The van der Waals surface area contributed by atoms with Crippen LogP contribution in [0.3, 0.4) is 0 Å². The number of benzene rings is 1. The van der Waals surface area contributed by atoms with Gasteiger partial charge in [0.05, 0.1) is 17.0 Å². The van der Waals surface area contributed by atoms with Crippen molar-refractivity contribution < 1.29 is 13.2 Å². The largest absolute Gasteiger partial charge is 0.416 e. The average Bonchev–Trinajstić information content (AvgIpc) is 2.55. The molecule has 0 unspecified atom stereocenters. The third kappa shape index (κ3) is 5.23. The molecule has 0 radical (unpaired) electrons. The Kier molecular flexibility index (Phi) is 6.19. The molecule has 8 heteroatoms. The van der Waals surface area contributed by atoms with Crippen LogP contribution in [-0.2, 0) is 6.18 Å². The molecule has 1 aromatic heterocycles. The summed E-state index contributed by atoms with van der Waals surface area (Å²) in [6.45, 7) is 3.84. The molecule has 1 heterocycles. The van der Waals surface area contributed by atoms with Gasteiger partial charge in [-0.25, -0.2) is 4.98 Å². The predicted octanol–water partition coefficient (Wildman–Crippen LogP) is 4.78. The number of aromatic nitrogens is 3. The molecule has 0 spiro atoms. The quantitative estimate of drug-likeness (QED) is 0.756. The molecule has 2 rings (SSSR count). The van der Waals surface area contributed by atoms with Crippen LogP contribution in [0.1, 0.15) is 30.3 Å². The van der Waals surface area contributed by atoms with Crippen LogP contribution in [0.4, 0.5) is 18.9 Å². The molecule has 0 saturated carbocycles. The van der Waals surface area contributed by atoms with E-state index < -0.39 is 11.7 Å². The Bertz CT molecular complexity index is 717. The molecule has 128 valence electrons. The van der Waals surface area contributed by atoms with E-state index in [0.29, 0.717) is 22.2 Å². The van der Waals surface area contributed by atoms with Crippen molar-refractivity contribution >= 4 is 23.5 Å². The van der Waals surface area contributed by atoms with Gasteiger partial charge in [0.1, 0.15) is 0 Å². The number of rotatable bonds is 6. The SMILES string of the molecule is CCCSc1nnc(C)c(/C=C/Nc2cccc(C(F)(F)F)c2)n1. The van der Waals surface area contributed by atoms with Crippen LogP contribution in [0, 0.1) is 6.92 Å². The molecule has 4 nitrogen and oxygen atoms in total. The van der Waals surface area contributed by atoms with Crippen molar-refractivity contribution in [1.29, 1.82) is 0 Å². The van der Waals surface area contributed by atoms with Crippen LogP contribution in [0.25, 0.3) is 6.08 Å². The molecule has 0 atom stereocenters. The number of thioether (sulfide) groups is 1. The maximum absolute atomic E-state index is 12.7. The van der Waals surface area contributed by atoms with E-state index in [1.54, 1.807) is 25.3 Å². The van der Waals surface area contributed by atoms with Crippen LogP contribution in [-0.4, -0.2) is 20.9 Å². The van der Waals surface area contributed by atoms with Gasteiger partial charge in [-0.15, -0.1) is 5.10 Å². The van der Waals surface area contributed by atoms with E-state index in [1.807, 2.05) is 0 Å². The third-order valence-electron chi connectivity index (χ3n) is 2.99. The monoisotopic (exact) mass is 354 g/mol. The molecule has 0 amide bonds. The van der Waals surface area contributed by atoms with Gasteiger partial charge in [-0.05, 0) is 37.6 Å². The Morgan fingerprint density at radius 3 is 2.75 bits per heavy atom. The number of nitrogens with one attached hydrogen (secondary N) is 1. The van der Waals surface area contributed by atoms with E-state index in [1.165, 1.54) is 17.8 Å². The molecular formula is C16H17F3N4S. The van der Waals surface area contributed by atoms with Gasteiger partial charge in [-0.3, -0.25) is 0 Å².